The first-order chi connectivity index (χ1) is 13.8. The van der Waals surface area contributed by atoms with Gasteiger partial charge in [0.2, 0.25) is 5.78 Å². The van der Waals surface area contributed by atoms with E-state index in [1.54, 1.807) is 27.0 Å². The number of halogens is 1. The molecule has 0 aliphatic carbocycles. The van der Waals surface area contributed by atoms with Crippen molar-refractivity contribution in [2.75, 3.05) is 13.7 Å². The van der Waals surface area contributed by atoms with Gasteiger partial charge in [-0.3, -0.25) is 14.6 Å². The van der Waals surface area contributed by atoms with Gasteiger partial charge < -0.3 is 14.0 Å². The summed E-state index contributed by atoms with van der Waals surface area (Å²) in [6.45, 7) is 7.53. The Labute approximate surface area is 174 Å². The molecule has 152 valence electrons. The van der Waals surface area contributed by atoms with Crippen molar-refractivity contribution in [1.82, 2.24) is 4.57 Å². The summed E-state index contributed by atoms with van der Waals surface area (Å²) in [6, 6.07) is 7.53. The molecule has 1 aromatic heterocycles. The maximum absolute atomic E-state index is 12.7. The number of esters is 1. The molecular weight excluding hydrogens is 392 g/mol. The minimum absolute atomic E-state index is 0.223. The van der Waals surface area contributed by atoms with Crippen molar-refractivity contribution in [2.24, 2.45) is 10.9 Å². The molecule has 1 unspecified atom stereocenters. The smallest absolute Gasteiger partial charge is 0.322 e. The number of carbonyl (C=O) groups is 2. The molecule has 0 radical (unpaired) electrons. The third-order valence-electron chi connectivity index (χ3n) is 4.91. The molecule has 1 aromatic carbocycles. The molecular formula is C22H23ClN2O4. The number of methoxy groups -OCH3 is 1. The Balaban J connectivity index is 1.98. The lowest BCUT2D eigenvalue weighted by Gasteiger charge is -2.12. The van der Waals surface area contributed by atoms with Crippen molar-refractivity contribution in [3.05, 3.63) is 51.9 Å². The van der Waals surface area contributed by atoms with E-state index in [0.717, 1.165) is 22.6 Å². The van der Waals surface area contributed by atoms with E-state index in [4.69, 9.17) is 21.1 Å². The zero-order chi connectivity index (χ0) is 21.3. The Hall–Kier alpha value is -2.86. The number of aromatic nitrogens is 1. The van der Waals surface area contributed by atoms with Gasteiger partial charge in [0.15, 0.2) is 5.92 Å². The normalized spacial score (nSPS) is 17.6. The number of aryl methyl sites for hydroxylation is 1. The number of carbonyl (C=O) groups excluding carboxylic acids is 2. The van der Waals surface area contributed by atoms with Crippen LogP contribution in [0.2, 0.25) is 5.02 Å². The molecule has 2 aromatic rings. The highest BCUT2D eigenvalue weighted by atomic mass is 35.5. The van der Waals surface area contributed by atoms with Crippen LogP contribution in [-0.2, 0) is 14.3 Å². The van der Waals surface area contributed by atoms with E-state index in [1.807, 2.05) is 42.7 Å². The summed E-state index contributed by atoms with van der Waals surface area (Å²) in [6.07, 6.45) is 1.72. The zero-order valence-electron chi connectivity index (χ0n) is 17.1. The highest BCUT2D eigenvalue weighted by molar-refractivity contribution is 6.32. The first-order valence-corrected chi connectivity index (χ1v) is 9.66. The number of benzene rings is 1. The lowest BCUT2D eigenvalue weighted by Crippen LogP contribution is -2.28. The minimum atomic E-state index is -0.954. The lowest BCUT2D eigenvalue weighted by atomic mass is 10.0. The average Bonchev–Trinajstić information content (AvgIpc) is 3.10. The Morgan fingerprint density at radius 2 is 2.00 bits per heavy atom. The largest absolute Gasteiger partial charge is 0.495 e. The molecule has 2 heterocycles. The van der Waals surface area contributed by atoms with Gasteiger partial charge in [0, 0.05) is 22.8 Å². The van der Waals surface area contributed by atoms with E-state index in [2.05, 4.69) is 4.99 Å². The number of allylic oxidation sites excluding steroid dienone is 1. The monoisotopic (exact) mass is 414 g/mol. The molecule has 7 heteroatoms. The van der Waals surface area contributed by atoms with Crippen LogP contribution in [0.15, 0.2) is 35.0 Å². The van der Waals surface area contributed by atoms with Crippen molar-refractivity contribution >= 4 is 35.1 Å². The third-order valence-corrected chi connectivity index (χ3v) is 5.20. The summed E-state index contributed by atoms with van der Waals surface area (Å²) in [7, 11) is 1.57. The van der Waals surface area contributed by atoms with Crippen LogP contribution in [0.4, 0.5) is 0 Å². The lowest BCUT2D eigenvalue weighted by molar-refractivity contribution is -0.147. The van der Waals surface area contributed by atoms with Gasteiger partial charge in [0.05, 0.1) is 18.7 Å². The van der Waals surface area contributed by atoms with Crippen molar-refractivity contribution in [3.8, 4) is 11.4 Å². The van der Waals surface area contributed by atoms with Crippen LogP contribution in [0.5, 0.6) is 5.75 Å². The van der Waals surface area contributed by atoms with Crippen LogP contribution in [0, 0.1) is 19.8 Å². The van der Waals surface area contributed by atoms with Gasteiger partial charge in [-0.1, -0.05) is 11.6 Å². The number of aliphatic imine (C=N–C) groups is 1. The molecule has 6 nitrogen and oxygen atoms in total. The van der Waals surface area contributed by atoms with Gasteiger partial charge in [0.1, 0.15) is 11.4 Å². The molecule has 1 atom stereocenters. The predicted octanol–water partition coefficient (Wildman–Crippen LogP) is 4.32. The summed E-state index contributed by atoms with van der Waals surface area (Å²) in [5.74, 6) is -1.24. The molecule has 0 N–H and O–H groups in total. The van der Waals surface area contributed by atoms with E-state index in [-0.39, 0.29) is 18.1 Å². The van der Waals surface area contributed by atoms with E-state index in [0.29, 0.717) is 16.5 Å². The molecule has 0 spiro atoms. The van der Waals surface area contributed by atoms with E-state index in [1.165, 1.54) is 0 Å². The third kappa shape index (κ3) is 3.85. The second kappa shape index (κ2) is 8.25. The SMILES string of the molecule is CCOC(=O)C1C(=O)/C(=C\c2cc(C)n(-c3ccc(OC)c(Cl)c3)c2C)N=C1C. The van der Waals surface area contributed by atoms with Crippen LogP contribution < -0.4 is 4.74 Å². The number of hydrogen-bond acceptors (Lipinski definition) is 5. The number of ether oxygens (including phenoxy) is 2. The van der Waals surface area contributed by atoms with Crippen LogP contribution in [0.1, 0.15) is 30.8 Å². The summed E-state index contributed by atoms with van der Waals surface area (Å²) in [5, 5.41) is 0.515. The molecule has 29 heavy (non-hydrogen) atoms. The number of Topliss-reactive ketones (excluding diaryl/α,β-unsaturated/α-hetero) is 1. The van der Waals surface area contributed by atoms with Gasteiger partial charge in [-0.15, -0.1) is 0 Å². The van der Waals surface area contributed by atoms with Gasteiger partial charge in [-0.25, -0.2) is 0 Å². The predicted molar refractivity (Wildman–Crippen MR) is 113 cm³/mol. The fourth-order valence-electron chi connectivity index (χ4n) is 3.53. The first kappa shape index (κ1) is 20.9. The second-order valence-corrected chi connectivity index (χ2v) is 7.22. The quantitative estimate of drug-likeness (QED) is 0.415. The Kier molecular flexibility index (Phi) is 5.94. The van der Waals surface area contributed by atoms with Crippen molar-refractivity contribution in [1.29, 1.82) is 0 Å². The summed E-state index contributed by atoms with van der Waals surface area (Å²) < 4.78 is 12.3. The molecule has 1 aliphatic heterocycles. The topological polar surface area (TPSA) is 69.9 Å². The summed E-state index contributed by atoms with van der Waals surface area (Å²) in [4.78, 5) is 29.1. The van der Waals surface area contributed by atoms with Crippen molar-refractivity contribution < 1.29 is 19.1 Å². The molecule has 3 rings (SSSR count). The van der Waals surface area contributed by atoms with Crippen LogP contribution in [0.25, 0.3) is 11.8 Å². The summed E-state index contributed by atoms with van der Waals surface area (Å²) >= 11 is 6.28. The Morgan fingerprint density at radius 1 is 1.28 bits per heavy atom. The highest BCUT2D eigenvalue weighted by Crippen LogP contribution is 2.31. The highest BCUT2D eigenvalue weighted by Gasteiger charge is 2.38. The second-order valence-electron chi connectivity index (χ2n) is 6.81. The molecule has 0 amide bonds. The average molecular weight is 415 g/mol. The van der Waals surface area contributed by atoms with E-state index >= 15 is 0 Å². The van der Waals surface area contributed by atoms with Crippen molar-refractivity contribution in [2.45, 2.75) is 27.7 Å². The van der Waals surface area contributed by atoms with Crippen molar-refractivity contribution in [3.63, 3.8) is 0 Å². The first-order valence-electron chi connectivity index (χ1n) is 9.29. The molecule has 0 saturated carbocycles. The maximum atomic E-state index is 12.7. The summed E-state index contributed by atoms with van der Waals surface area (Å²) in [5.41, 5.74) is 4.35. The van der Waals surface area contributed by atoms with E-state index in [9.17, 15) is 9.59 Å². The zero-order valence-corrected chi connectivity index (χ0v) is 17.8. The number of hydrogen-bond donors (Lipinski definition) is 0. The van der Waals surface area contributed by atoms with Gasteiger partial charge >= 0.3 is 5.97 Å². The Bertz CT molecular complexity index is 1050. The van der Waals surface area contributed by atoms with Gasteiger partial charge in [0.25, 0.3) is 0 Å². The number of rotatable bonds is 5. The molecule has 1 aliphatic rings. The number of ketones is 1. The van der Waals surface area contributed by atoms with Crippen LogP contribution >= 0.6 is 11.6 Å². The maximum Gasteiger partial charge on any atom is 0.322 e. The molecule has 0 fully saturated rings. The standard InChI is InChI=1S/C22H23ClN2O4/c1-6-29-22(27)20-13(3)24-18(21(20)26)10-15-9-12(2)25(14(15)4)16-7-8-19(28-5)17(23)11-16/h7-11,20H,6H2,1-5H3/b18-10+. The molecule has 0 saturated heterocycles. The van der Waals surface area contributed by atoms with E-state index < -0.39 is 11.9 Å². The number of nitrogens with zero attached hydrogens (tertiary/aromatic N) is 2. The van der Waals surface area contributed by atoms with Gasteiger partial charge in [-0.05, 0) is 63.6 Å². The van der Waals surface area contributed by atoms with Gasteiger partial charge in [-0.2, -0.15) is 0 Å². The van der Waals surface area contributed by atoms with Crippen LogP contribution in [-0.4, -0.2) is 35.7 Å². The fourth-order valence-corrected chi connectivity index (χ4v) is 3.78. The van der Waals surface area contributed by atoms with Crippen LogP contribution in [0.3, 0.4) is 0 Å². The minimum Gasteiger partial charge on any atom is -0.495 e. The fraction of sp³-hybridized carbons (Fsp3) is 0.318. The Morgan fingerprint density at radius 3 is 2.62 bits per heavy atom. The molecule has 0 bridgehead atoms.